The summed E-state index contributed by atoms with van der Waals surface area (Å²) in [5.41, 5.74) is 0.326. The maximum absolute atomic E-state index is 13.1. The van der Waals surface area contributed by atoms with Crippen molar-refractivity contribution in [3.05, 3.63) is 35.4 Å². The zero-order valence-electron chi connectivity index (χ0n) is 9.39. The molecule has 0 N–H and O–H groups in total. The summed E-state index contributed by atoms with van der Waals surface area (Å²) in [4.78, 5) is 11.6. The zero-order chi connectivity index (χ0) is 11.9. The Balaban J connectivity index is 2.33. The van der Waals surface area contributed by atoms with Gasteiger partial charge in [0.2, 0.25) is 0 Å². The van der Waals surface area contributed by atoms with Gasteiger partial charge in [0.1, 0.15) is 5.78 Å². The van der Waals surface area contributed by atoms with Crippen molar-refractivity contribution >= 4 is 5.78 Å². The van der Waals surface area contributed by atoms with Crippen LogP contribution in [-0.2, 0) is 4.79 Å². The Hall–Kier alpha value is -1.25. The second-order valence-corrected chi connectivity index (χ2v) is 4.62. The number of hydrogen-bond acceptors (Lipinski definition) is 1. The molecule has 86 valence electrons. The molecule has 0 spiro atoms. The Bertz CT molecular complexity index is 442. The average Bonchev–Trinajstić information content (AvgIpc) is 2.28. The molecule has 1 aromatic rings. The molecule has 0 amide bonds. The summed E-state index contributed by atoms with van der Waals surface area (Å²) in [6, 6.07) is 3.91. The summed E-state index contributed by atoms with van der Waals surface area (Å²) in [5.74, 6) is -1.44. The molecule has 0 radical (unpaired) electrons. The molecule has 16 heavy (non-hydrogen) atoms. The van der Waals surface area contributed by atoms with Crippen LogP contribution in [0.3, 0.4) is 0 Å². The molecule has 1 nitrogen and oxygen atoms in total. The fraction of sp³-hybridized carbons (Fsp3) is 0.462. The smallest absolute Gasteiger partial charge is 0.159 e. The largest absolute Gasteiger partial charge is 0.299 e. The number of rotatable bonds is 2. The SMILES string of the molecule is CCC1(C)C(=O)CC1c1ccc(F)c(F)c1. The second-order valence-electron chi connectivity index (χ2n) is 4.62. The first-order valence-corrected chi connectivity index (χ1v) is 5.47. The Kier molecular flexibility index (Phi) is 2.56. The third kappa shape index (κ3) is 1.46. The number of carbonyl (C=O) groups excluding carboxylic acids is 1. The first-order valence-electron chi connectivity index (χ1n) is 5.47. The van der Waals surface area contributed by atoms with Gasteiger partial charge in [0, 0.05) is 17.8 Å². The van der Waals surface area contributed by atoms with Gasteiger partial charge in [-0.3, -0.25) is 4.79 Å². The van der Waals surface area contributed by atoms with Crippen molar-refractivity contribution in [2.75, 3.05) is 0 Å². The van der Waals surface area contributed by atoms with E-state index in [0.717, 1.165) is 18.1 Å². The van der Waals surface area contributed by atoms with Gasteiger partial charge in [-0.05, 0) is 24.1 Å². The fourth-order valence-corrected chi connectivity index (χ4v) is 2.37. The van der Waals surface area contributed by atoms with Crippen molar-refractivity contribution in [1.82, 2.24) is 0 Å². The van der Waals surface area contributed by atoms with Gasteiger partial charge in [0.25, 0.3) is 0 Å². The van der Waals surface area contributed by atoms with Crippen LogP contribution in [0.25, 0.3) is 0 Å². The molecule has 1 saturated carbocycles. The van der Waals surface area contributed by atoms with Crippen LogP contribution in [0, 0.1) is 17.0 Å². The van der Waals surface area contributed by atoms with Gasteiger partial charge in [-0.2, -0.15) is 0 Å². The van der Waals surface area contributed by atoms with E-state index in [1.54, 1.807) is 6.07 Å². The lowest BCUT2D eigenvalue weighted by Gasteiger charge is -2.45. The van der Waals surface area contributed by atoms with Crippen LogP contribution >= 0.6 is 0 Å². The van der Waals surface area contributed by atoms with Gasteiger partial charge >= 0.3 is 0 Å². The summed E-state index contributed by atoms with van der Waals surface area (Å²) in [6.07, 6.45) is 1.17. The lowest BCUT2D eigenvalue weighted by atomic mass is 9.56. The Morgan fingerprint density at radius 1 is 1.38 bits per heavy atom. The molecule has 0 aliphatic heterocycles. The summed E-state index contributed by atoms with van der Waals surface area (Å²) >= 11 is 0. The van der Waals surface area contributed by atoms with Crippen LogP contribution in [0.15, 0.2) is 18.2 Å². The minimum Gasteiger partial charge on any atom is -0.299 e. The standard InChI is InChI=1S/C13H14F2O/c1-3-13(2)9(7-12(13)16)8-4-5-10(14)11(15)6-8/h4-6,9H,3,7H2,1-2H3. The molecule has 0 aromatic heterocycles. The van der Waals surface area contributed by atoms with Crippen LogP contribution in [0.5, 0.6) is 0 Å². The predicted molar refractivity (Wildman–Crippen MR) is 57.1 cm³/mol. The van der Waals surface area contributed by atoms with Crippen LogP contribution in [0.4, 0.5) is 8.78 Å². The maximum atomic E-state index is 13.1. The van der Waals surface area contributed by atoms with Gasteiger partial charge < -0.3 is 0 Å². The number of carbonyl (C=O) groups is 1. The van der Waals surface area contributed by atoms with E-state index in [-0.39, 0.29) is 11.7 Å². The second kappa shape index (κ2) is 3.65. The molecule has 1 aromatic carbocycles. The predicted octanol–water partition coefficient (Wildman–Crippen LogP) is 3.44. The molecule has 1 aliphatic carbocycles. The molecular formula is C13H14F2O. The third-order valence-electron chi connectivity index (χ3n) is 3.88. The fourth-order valence-electron chi connectivity index (χ4n) is 2.37. The number of ketones is 1. The lowest BCUT2D eigenvalue weighted by molar-refractivity contribution is -0.139. The van der Waals surface area contributed by atoms with E-state index in [1.165, 1.54) is 6.07 Å². The van der Waals surface area contributed by atoms with E-state index in [0.29, 0.717) is 6.42 Å². The van der Waals surface area contributed by atoms with E-state index in [4.69, 9.17) is 0 Å². The number of benzene rings is 1. The summed E-state index contributed by atoms with van der Waals surface area (Å²) in [7, 11) is 0. The number of halogens is 2. The molecule has 1 fully saturated rings. The highest BCUT2D eigenvalue weighted by Gasteiger charge is 2.50. The van der Waals surface area contributed by atoms with E-state index < -0.39 is 17.0 Å². The van der Waals surface area contributed by atoms with Crippen molar-refractivity contribution in [1.29, 1.82) is 0 Å². The van der Waals surface area contributed by atoms with Crippen LogP contribution in [-0.4, -0.2) is 5.78 Å². The zero-order valence-corrected chi connectivity index (χ0v) is 9.39. The van der Waals surface area contributed by atoms with Gasteiger partial charge in [-0.15, -0.1) is 0 Å². The average molecular weight is 224 g/mol. The highest BCUT2D eigenvalue weighted by atomic mass is 19.2. The summed E-state index contributed by atoms with van der Waals surface area (Å²) in [5, 5.41) is 0. The minimum atomic E-state index is -0.840. The van der Waals surface area contributed by atoms with Crippen molar-refractivity contribution < 1.29 is 13.6 Å². The van der Waals surface area contributed by atoms with Gasteiger partial charge in [-0.25, -0.2) is 8.78 Å². The van der Waals surface area contributed by atoms with Gasteiger partial charge in [-0.1, -0.05) is 19.9 Å². The molecule has 0 heterocycles. The molecule has 2 atom stereocenters. The van der Waals surface area contributed by atoms with Crippen LogP contribution in [0.2, 0.25) is 0 Å². The van der Waals surface area contributed by atoms with Crippen LogP contribution < -0.4 is 0 Å². The topological polar surface area (TPSA) is 17.1 Å². The first kappa shape index (κ1) is 11.2. The summed E-state index contributed by atoms with van der Waals surface area (Å²) < 4.78 is 25.9. The molecule has 2 unspecified atom stereocenters. The first-order chi connectivity index (χ1) is 7.49. The molecule has 1 aliphatic rings. The Morgan fingerprint density at radius 2 is 2.06 bits per heavy atom. The number of hydrogen-bond donors (Lipinski definition) is 0. The molecule has 0 saturated heterocycles. The van der Waals surface area contributed by atoms with E-state index >= 15 is 0 Å². The summed E-state index contributed by atoms with van der Waals surface area (Å²) in [6.45, 7) is 3.84. The van der Waals surface area contributed by atoms with Crippen molar-refractivity contribution in [2.45, 2.75) is 32.6 Å². The minimum absolute atomic E-state index is 0.0279. The van der Waals surface area contributed by atoms with Gasteiger partial charge in [0.15, 0.2) is 11.6 Å². The number of Topliss-reactive ketones (excluding diaryl/α,β-unsaturated/α-hetero) is 1. The lowest BCUT2D eigenvalue weighted by Crippen LogP contribution is -2.45. The van der Waals surface area contributed by atoms with E-state index in [9.17, 15) is 13.6 Å². The monoisotopic (exact) mass is 224 g/mol. The normalized spacial score (nSPS) is 29.0. The Labute approximate surface area is 93.5 Å². The Morgan fingerprint density at radius 3 is 2.56 bits per heavy atom. The molecular weight excluding hydrogens is 210 g/mol. The van der Waals surface area contributed by atoms with E-state index in [1.807, 2.05) is 13.8 Å². The molecule has 2 rings (SSSR count). The highest BCUT2D eigenvalue weighted by Crippen LogP contribution is 2.51. The molecule has 0 bridgehead atoms. The van der Waals surface area contributed by atoms with Gasteiger partial charge in [0.05, 0.1) is 0 Å². The van der Waals surface area contributed by atoms with Crippen molar-refractivity contribution in [3.63, 3.8) is 0 Å². The highest BCUT2D eigenvalue weighted by molar-refractivity contribution is 5.92. The van der Waals surface area contributed by atoms with Crippen molar-refractivity contribution in [2.24, 2.45) is 5.41 Å². The third-order valence-corrected chi connectivity index (χ3v) is 3.88. The quantitative estimate of drug-likeness (QED) is 0.752. The maximum Gasteiger partial charge on any atom is 0.159 e. The van der Waals surface area contributed by atoms with Crippen LogP contribution in [0.1, 0.15) is 38.2 Å². The molecule has 3 heteroatoms. The van der Waals surface area contributed by atoms with Crippen molar-refractivity contribution in [3.8, 4) is 0 Å². The van der Waals surface area contributed by atoms with E-state index in [2.05, 4.69) is 0 Å².